The molecule has 4 fully saturated rings. The number of anilines is 2. The highest BCUT2D eigenvalue weighted by atomic mass is 16.6. The monoisotopic (exact) mass is 475 g/mol. The fourth-order valence-corrected chi connectivity index (χ4v) is 6.60. The SMILES string of the molecule is CN1C(C)(C)CC(Nc2nc(NC3=CCC45C(=C3)OC(=O)N4C5C3CC3)ncc2C#N)CC1(C)C. The number of ether oxygens (including phenoxy) is 1. The Labute approximate surface area is 206 Å². The molecule has 9 nitrogen and oxygen atoms in total. The lowest BCUT2D eigenvalue weighted by Gasteiger charge is -2.53. The number of nitriles is 1. The van der Waals surface area contributed by atoms with E-state index in [1.165, 1.54) is 12.8 Å². The van der Waals surface area contributed by atoms with Crippen molar-refractivity contribution in [1.29, 1.82) is 5.26 Å². The summed E-state index contributed by atoms with van der Waals surface area (Å²) in [4.78, 5) is 25.7. The van der Waals surface area contributed by atoms with Crippen LogP contribution in [0.5, 0.6) is 0 Å². The maximum atomic E-state index is 12.4. The van der Waals surface area contributed by atoms with Gasteiger partial charge in [0.1, 0.15) is 28.7 Å². The minimum absolute atomic E-state index is 0.0170. The van der Waals surface area contributed by atoms with E-state index >= 15 is 0 Å². The zero-order chi connectivity index (χ0) is 24.8. The van der Waals surface area contributed by atoms with Crippen molar-refractivity contribution >= 4 is 17.9 Å². The summed E-state index contributed by atoms with van der Waals surface area (Å²) in [5.41, 5.74) is 0.992. The first-order chi connectivity index (χ1) is 16.5. The second kappa shape index (κ2) is 7.20. The summed E-state index contributed by atoms with van der Waals surface area (Å²) in [5.74, 6) is 2.29. The van der Waals surface area contributed by atoms with E-state index in [9.17, 15) is 10.1 Å². The van der Waals surface area contributed by atoms with Gasteiger partial charge in [-0.1, -0.05) is 6.08 Å². The van der Waals surface area contributed by atoms with Crippen LogP contribution in [0.15, 0.2) is 29.8 Å². The lowest BCUT2D eigenvalue weighted by atomic mass is 9.77. The normalized spacial score (nSPS) is 30.9. The van der Waals surface area contributed by atoms with E-state index < -0.39 is 0 Å². The number of carbonyl (C=O) groups is 1. The molecule has 2 unspecified atom stereocenters. The third-order valence-corrected chi connectivity index (χ3v) is 8.75. The van der Waals surface area contributed by atoms with Gasteiger partial charge in [0.25, 0.3) is 0 Å². The Hall–Kier alpha value is -3.12. The van der Waals surface area contributed by atoms with Crippen molar-refractivity contribution in [2.24, 2.45) is 5.92 Å². The van der Waals surface area contributed by atoms with Crippen LogP contribution >= 0.6 is 0 Å². The highest BCUT2D eigenvalue weighted by molar-refractivity contribution is 5.82. The molecule has 35 heavy (non-hydrogen) atoms. The Morgan fingerprint density at radius 3 is 2.57 bits per heavy atom. The zero-order valence-electron chi connectivity index (χ0n) is 21.1. The molecule has 0 bridgehead atoms. The molecule has 0 radical (unpaired) electrons. The Morgan fingerprint density at radius 2 is 1.91 bits per heavy atom. The number of nitrogens with zero attached hydrogens (tertiary/aromatic N) is 5. The van der Waals surface area contributed by atoms with Gasteiger partial charge < -0.3 is 15.4 Å². The number of likely N-dealkylation sites (tertiary alicyclic amines) is 1. The number of carbonyl (C=O) groups excluding carboxylic acids is 1. The molecule has 184 valence electrons. The Bertz CT molecular complexity index is 1190. The molecule has 1 aromatic heterocycles. The highest BCUT2D eigenvalue weighted by Gasteiger charge is 2.76. The molecular weight excluding hydrogens is 442 g/mol. The average Bonchev–Trinajstić information content (AvgIpc) is 3.68. The maximum Gasteiger partial charge on any atom is 0.416 e. The van der Waals surface area contributed by atoms with Crippen LogP contribution in [0.25, 0.3) is 0 Å². The summed E-state index contributed by atoms with van der Waals surface area (Å²) in [7, 11) is 2.18. The number of piperidine rings is 1. The summed E-state index contributed by atoms with van der Waals surface area (Å²) >= 11 is 0. The average molecular weight is 476 g/mol. The lowest BCUT2D eigenvalue weighted by Crippen LogP contribution is -2.61. The first-order valence-electron chi connectivity index (χ1n) is 12.5. The van der Waals surface area contributed by atoms with Crippen LogP contribution in [0.2, 0.25) is 0 Å². The Kier molecular flexibility index (Phi) is 4.60. The number of allylic oxidation sites excluding steroid dienone is 1. The Balaban J connectivity index is 1.20. The molecule has 4 heterocycles. The summed E-state index contributed by atoms with van der Waals surface area (Å²) < 4.78 is 5.57. The van der Waals surface area contributed by atoms with Gasteiger partial charge in [0.05, 0.1) is 12.2 Å². The van der Waals surface area contributed by atoms with Gasteiger partial charge in [-0.25, -0.2) is 9.78 Å². The first kappa shape index (κ1) is 22.4. The number of rotatable bonds is 5. The molecule has 5 aliphatic rings. The molecule has 0 aromatic carbocycles. The van der Waals surface area contributed by atoms with Gasteiger partial charge in [-0.3, -0.25) is 9.80 Å². The molecule has 1 saturated carbocycles. The van der Waals surface area contributed by atoms with Gasteiger partial charge in [0, 0.05) is 35.3 Å². The smallest absolute Gasteiger partial charge is 0.412 e. The standard InChI is InChI=1S/C26H33N7O2/c1-24(2)11-18(12-25(3,4)32(24)5)29-21-16(13-27)14-28-22(31-21)30-17-8-9-26-19(10-17)35-23(34)33(26)20(26)15-6-7-15/h8,10,14-15,18,20H,6-7,9,11-12H2,1-5H3,(H2,28,29,30,31). The molecule has 9 heteroatoms. The van der Waals surface area contributed by atoms with E-state index in [1.807, 2.05) is 11.0 Å². The molecule has 2 atom stereocenters. The van der Waals surface area contributed by atoms with Gasteiger partial charge in [0.2, 0.25) is 5.95 Å². The van der Waals surface area contributed by atoms with E-state index in [4.69, 9.17) is 4.74 Å². The fourth-order valence-electron chi connectivity index (χ4n) is 6.60. The Morgan fingerprint density at radius 1 is 1.20 bits per heavy atom. The molecule has 1 spiro atoms. The van der Waals surface area contributed by atoms with Crippen LogP contribution in [-0.2, 0) is 4.74 Å². The van der Waals surface area contributed by atoms with Gasteiger partial charge in [-0.2, -0.15) is 10.2 Å². The third kappa shape index (κ3) is 3.41. The van der Waals surface area contributed by atoms with E-state index in [2.05, 4.69) is 72.4 Å². The summed E-state index contributed by atoms with van der Waals surface area (Å²) in [5, 5.41) is 16.5. The van der Waals surface area contributed by atoms with E-state index in [0.717, 1.165) is 30.7 Å². The number of aromatic nitrogens is 2. The van der Waals surface area contributed by atoms with E-state index in [0.29, 0.717) is 23.2 Å². The minimum atomic E-state index is -0.268. The molecule has 2 N–H and O–H groups in total. The van der Waals surface area contributed by atoms with Crippen molar-refractivity contribution in [2.45, 2.75) is 88.5 Å². The van der Waals surface area contributed by atoms with Crippen molar-refractivity contribution in [3.63, 3.8) is 0 Å². The van der Waals surface area contributed by atoms with Gasteiger partial charge >= 0.3 is 6.09 Å². The summed E-state index contributed by atoms with van der Waals surface area (Å²) in [6.45, 7) is 9.00. The van der Waals surface area contributed by atoms with Crippen LogP contribution in [0.4, 0.5) is 16.6 Å². The zero-order valence-corrected chi connectivity index (χ0v) is 21.1. The molecule has 2 aliphatic carbocycles. The second-order valence-electron chi connectivity index (χ2n) is 11.9. The lowest BCUT2D eigenvalue weighted by molar-refractivity contribution is -0.00773. The van der Waals surface area contributed by atoms with Crippen LogP contribution in [0.1, 0.15) is 65.4 Å². The summed E-state index contributed by atoms with van der Waals surface area (Å²) in [6, 6.07) is 2.69. The van der Waals surface area contributed by atoms with Crippen molar-refractivity contribution in [1.82, 2.24) is 19.8 Å². The van der Waals surface area contributed by atoms with Crippen molar-refractivity contribution in [2.75, 3.05) is 17.7 Å². The highest BCUT2D eigenvalue weighted by Crippen LogP contribution is 2.63. The third-order valence-electron chi connectivity index (χ3n) is 8.75. The fraction of sp³-hybridized carbons (Fsp3) is 0.615. The molecule has 1 amide bonds. The minimum Gasteiger partial charge on any atom is -0.412 e. The van der Waals surface area contributed by atoms with Crippen LogP contribution in [0, 0.1) is 17.2 Å². The number of hydrogen-bond acceptors (Lipinski definition) is 8. The van der Waals surface area contributed by atoms with Crippen molar-refractivity contribution in [3.8, 4) is 6.07 Å². The van der Waals surface area contributed by atoms with E-state index in [1.54, 1.807) is 6.20 Å². The number of amides is 1. The van der Waals surface area contributed by atoms with Gasteiger partial charge in [-0.05, 0) is 66.3 Å². The second-order valence-corrected chi connectivity index (χ2v) is 11.9. The maximum absolute atomic E-state index is 12.4. The van der Waals surface area contributed by atoms with Crippen LogP contribution in [0.3, 0.4) is 0 Å². The van der Waals surface area contributed by atoms with Gasteiger partial charge in [0.15, 0.2) is 0 Å². The van der Waals surface area contributed by atoms with Crippen LogP contribution < -0.4 is 10.6 Å². The van der Waals surface area contributed by atoms with Crippen LogP contribution in [-0.4, -0.2) is 61.6 Å². The molecule has 6 rings (SSSR count). The molecule has 3 aliphatic heterocycles. The van der Waals surface area contributed by atoms with Gasteiger partial charge in [-0.15, -0.1) is 0 Å². The van der Waals surface area contributed by atoms with Crippen molar-refractivity contribution < 1.29 is 9.53 Å². The van der Waals surface area contributed by atoms with Crippen molar-refractivity contribution in [3.05, 3.63) is 35.4 Å². The predicted molar refractivity (Wildman–Crippen MR) is 131 cm³/mol. The largest absolute Gasteiger partial charge is 0.416 e. The molecule has 3 saturated heterocycles. The number of hydrogen-bond donors (Lipinski definition) is 2. The molecule has 1 aromatic rings. The quantitative estimate of drug-likeness (QED) is 0.616. The number of nitrogens with one attached hydrogen (secondary N) is 2. The topological polar surface area (TPSA) is 106 Å². The first-order valence-corrected chi connectivity index (χ1v) is 12.5. The molecular formula is C26H33N7O2. The predicted octanol–water partition coefficient (Wildman–Crippen LogP) is 3.98. The van der Waals surface area contributed by atoms with E-state index in [-0.39, 0.29) is 34.8 Å². The summed E-state index contributed by atoms with van der Waals surface area (Å²) in [6.07, 6.45) is 10.3.